The Hall–Kier alpha value is -2.50. The molecule has 1 atom stereocenters. The van der Waals surface area contributed by atoms with Gasteiger partial charge in [-0.3, -0.25) is 4.68 Å². The van der Waals surface area contributed by atoms with E-state index in [9.17, 15) is 4.79 Å². The lowest BCUT2D eigenvalue weighted by Crippen LogP contribution is -2.30. The molecule has 2 N–H and O–H groups in total. The molecular weight excluding hydrogens is 256 g/mol. The van der Waals surface area contributed by atoms with Gasteiger partial charge in [0.25, 0.3) is 0 Å². The summed E-state index contributed by atoms with van der Waals surface area (Å²) in [5.74, 6) is 0.750. The Morgan fingerprint density at radius 3 is 2.60 bits per heavy atom. The third kappa shape index (κ3) is 3.50. The van der Waals surface area contributed by atoms with Crippen molar-refractivity contribution in [3.8, 4) is 5.75 Å². The molecule has 1 aromatic heterocycles. The van der Waals surface area contributed by atoms with E-state index in [1.54, 1.807) is 42.3 Å². The van der Waals surface area contributed by atoms with Gasteiger partial charge in [-0.25, -0.2) is 4.79 Å². The number of anilines is 1. The van der Waals surface area contributed by atoms with Gasteiger partial charge in [0.1, 0.15) is 5.75 Å². The predicted octanol–water partition coefficient (Wildman–Crippen LogP) is 2.31. The average molecular weight is 274 g/mol. The highest BCUT2D eigenvalue weighted by Gasteiger charge is 2.11. The number of carbonyl (C=O) groups excluding carboxylic acids is 1. The van der Waals surface area contributed by atoms with Crippen LogP contribution in [0, 0.1) is 0 Å². The number of methoxy groups -OCH3 is 1. The van der Waals surface area contributed by atoms with Gasteiger partial charge in [-0.1, -0.05) is 0 Å². The highest BCUT2D eigenvalue weighted by atomic mass is 16.5. The maximum absolute atomic E-state index is 11.9. The maximum Gasteiger partial charge on any atom is 0.319 e. The summed E-state index contributed by atoms with van der Waals surface area (Å²) in [4.78, 5) is 11.9. The van der Waals surface area contributed by atoms with Crippen molar-refractivity contribution in [2.24, 2.45) is 7.05 Å². The van der Waals surface area contributed by atoms with Gasteiger partial charge in [-0.05, 0) is 31.2 Å². The first-order valence-electron chi connectivity index (χ1n) is 6.28. The van der Waals surface area contributed by atoms with Gasteiger partial charge in [0.2, 0.25) is 0 Å². The lowest BCUT2D eigenvalue weighted by molar-refractivity contribution is 0.249. The molecule has 20 heavy (non-hydrogen) atoms. The molecule has 0 fully saturated rings. The Morgan fingerprint density at radius 1 is 1.35 bits per heavy atom. The zero-order chi connectivity index (χ0) is 14.5. The molecule has 0 bridgehead atoms. The highest BCUT2D eigenvalue weighted by molar-refractivity contribution is 5.89. The Kier molecular flexibility index (Phi) is 4.24. The first kappa shape index (κ1) is 13.9. The molecule has 6 heteroatoms. The Balaban J connectivity index is 1.91. The fourth-order valence-electron chi connectivity index (χ4n) is 1.79. The van der Waals surface area contributed by atoms with Gasteiger partial charge < -0.3 is 15.4 Å². The summed E-state index contributed by atoms with van der Waals surface area (Å²) < 4.78 is 6.76. The van der Waals surface area contributed by atoms with Crippen molar-refractivity contribution in [2.45, 2.75) is 13.0 Å². The zero-order valence-electron chi connectivity index (χ0n) is 11.8. The van der Waals surface area contributed by atoms with E-state index in [-0.39, 0.29) is 12.1 Å². The molecule has 0 aliphatic heterocycles. The summed E-state index contributed by atoms with van der Waals surface area (Å²) in [6.07, 6.45) is 3.61. The molecule has 6 nitrogen and oxygen atoms in total. The molecule has 0 aliphatic rings. The molecule has 1 heterocycles. The van der Waals surface area contributed by atoms with Crippen LogP contribution < -0.4 is 15.4 Å². The van der Waals surface area contributed by atoms with Crippen LogP contribution in [0.5, 0.6) is 5.75 Å². The number of ether oxygens (including phenoxy) is 1. The number of urea groups is 1. The van der Waals surface area contributed by atoms with Crippen LogP contribution in [0.25, 0.3) is 0 Å². The second-order valence-corrected chi connectivity index (χ2v) is 4.50. The molecule has 0 aliphatic carbocycles. The van der Waals surface area contributed by atoms with Crippen LogP contribution >= 0.6 is 0 Å². The Morgan fingerprint density at radius 2 is 2.05 bits per heavy atom. The monoisotopic (exact) mass is 274 g/mol. The second-order valence-electron chi connectivity index (χ2n) is 4.50. The summed E-state index contributed by atoms with van der Waals surface area (Å²) in [6, 6.07) is 6.79. The molecule has 0 spiro atoms. The van der Waals surface area contributed by atoms with Crippen molar-refractivity contribution in [3.63, 3.8) is 0 Å². The van der Waals surface area contributed by atoms with Crippen molar-refractivity contribution in [3.05, 3.63) is 42.2 Å². The van der Waals surface area contributed by atoms with Gasteiger partial charge >= 0.3 is 6.03 Å². The standard InChI is InChI=1S/C14H18N4O2/c1-10(11-8-15-18(2)9-11)16-14(19)17-12-4-6-13(20-3)7-5-12/h4-10H,1-3H3,(H2,16,17,19). The number of aromatic nitrogens is 2. The maximum atomic E-state index is 11.9. The summed E-state index contributed by atoms with van der Waals surface area (Å²) in [7, 11) is 3.44. The van der Waals surface area contributed by atoms with Gasteiger partial charge in [-0.2, -0.15) is 5.10 Å². The first-order valence-corrected chi connectivity index (χ1v) is 6.28. The van der Waals surface area contributed by atoms with Crippen molar-refractivity contribution < 1.29 is 9.53 Å². The normalized spacial score (nSPS) is 11.8. The lowest BCUT2D eigenvalue weighted by Gasteiger charge is -2.13. The van der Waals surface area contributed by atoms with Crippen molar-refractivity contribution in [2.75, 3.05) is 12.4 Å². The van der Waals surface area contributed by atoms with Crippen LogP contribution in [0.3, 0.4) is 0 Å². The molecule has 2 rings (SSSR count). The molecule has 2 aromatic rings. The van der Waals surface area contributed by atoms with E-state index in [2.05, 4.69) is 15.7 Å². The number of hydrogen-bond acceptors (Lipinski definition) is 3. The fraction of sp³-hybridized carbons (Fsp3) is 0.286. The summed E-state index contributed by atoms with van der Waals surface area (Å²) >= 11 is 0. The average Bonchev–Trinajstić information content (AvgIpc) is 2.86. The van der Waals surface area contributed by atoms with Crippen molar-refractivity contribution in [1.29, 1.82) is 0 Å². The molecule has 0 saturated heterocycles. The minimum atomic E-state index is -0.258. The fourth-order valence-corrected chi connectivity index (χ4v) is 1.79. The number of benzene rings is 1. The van der Waals surface area contributed by atoms with E-state index in [1.807, 2.05) is 20.2 Å². The van der Waals surface area contributed by atoms with E-state index in [0.29, 0.717) is 5.69 Å². The number of amides is 2. The van der Waals surface area contributed by atoms with Crippen LogP contribution in [0.2, 0.25) is 0 Å². The smallest absolute Gasteiger partial charge is 0.319 e. The number of nitrogens with one attached hydrogen (secondary N) is 2. The Labute approximate surface area is 117 Å². The minimum absolute atomic E-state index is 0.109. The molecule has 0 radical (unpaired) electrons. The number of aryl methyl sites for hydroxylation is 1. The number of nitrogens with zero attached hydrogens (tertiary/aromatic N) is 2. The SMILES string of the molecule is COc1ccc(NC(=O)NC(C)c2cnn(C)c2)cc1. The third-order valence-electron chi connectivity index (χ3n) is 2.92. The topological polar surface area (TPSA) is 68.2 Å². The lowest BCUT2D eigenvalue weighted by atomic mass is 10.2. The van der Waals surface area contributed by atoms with Crippen LogP contribution in [0.1, 0.15) is 18.5 Å². The molecule has 2 amide bonds. The second kappa shape index (κ2) is 6.10. The van der Waals surface area contributed by atoms with E-state index >= 15 is 0 Å². The van der Waals surface area contributed by atoms with Crippen molar-refractivity contribution in [1.82, 2.24) is 15.1 Å². The van der Waals surface area contributed by atoms with Gasteiger partial charge in [0.15, 0.2) is 0 Å². The van der Waals surface area contributed by atoms with Gasteiger partial charge in [0, 0.05) is 24.5 Å². The molecule has 1 aromatic carbocycles. The number of carbonyl (C=O) groups is 1. The summed E-state index contributed by atoms with van der Waals surface area (Å²) in [5.41, 5.74) is 1.67. The number of rotatable bonds is 4. The summed E-state index contributed by atoms with van der Waals surface area (Å²) in [5, 5.41) is 9.70. The van der Waals surface area contributed by atoms with Gasteiger partial charge in [0.05, 0.1) is 19.3 Å². The first-order chi connectivity index (χ1) is 9.58. The van der Waals surface area contributed by atoms with E-state index in [0.717, 1.165) is 11.3 Å². The van der Waals surface area contributed by atoms with Crippen LogP contribution in [0.15, 0.2) is 36.7 Å². The van der Waals surface area contributed by atoms with Crippen molar-refractivity contribution >= 4 is 11.7 Å². The highest BCUT2D eigenvalue weighted by Crippen LogP contribution is 2.15. The van der Waals surface area contributed by atoms with Crippen LogP contribution in [-0.4, -0.2) is 22.9 Å². The van der Waals surface area contributed by atoms with Gasteiger partial charge in [-0.15, -0.1) is 0 Å². The largest absolute Gasteiger partial charge is 0.497 e. The van der Waals surface area contributed by atoms with E-state index in [4.69, 9.17) is 4.74 Å². The molecule has 1 unspecified atom stereocenters. The minimum Gasteiger partial charge on any atom is -0.497 e. The third-order valence-corrected chi connectivity index (χ3v) is 2.92. The van der Waals surface area contributed by atoms with E-state index in [1.165, 1.54) is 0 Å². The zero-order valence-corrected chi connectivity index (χ0v) is 11.8. The number of hydrogen-bond donors (Lipinski definition) is 2. The molecular formula is C14H18N4O2. The Bertz CT molecular complexity index is 577. The van der Waals surface area contributed by atoms with E-state index < -0.39 is 0 Å². The predicted molar refractivity (Wildman–Crippen MR) is 76.8 cm³/mol. The van der Waals surface area contributed by atoms with Crippen LogP contribution in [0.4, 0.5) is 10.5 Å². The molecule has 0 saturated carbocycles. The van der Waals surface area contributed by atoms with Crippen LogP contribution in [-0.2, 0) is 7.05 Å². The summed E-state index contributed by atoms with van der Waals surface area (Å²) in [6.45, 7) is 1.91. The quantitative estimate of drug-likeness (QED) is 0.899. The molecule has 106 valence electrons.